The Hall–Kier alpha value is -1.46. The summed E-state index contributed by atoms with van der Waals surface area (Å²) in [7, 11) is 3.19. The van der Waals surface area contributed by atoms with Crippen LogP contribution in [0, 0.1) is 5.92 Å². The fourth-order valence-corrected chi connectivity index (χ4v) is 2.32. The highest BCUT2D eigenvalue weighted by molar-refractivity contribution is 5.85. The largest absolute Gasteiger partial charge is 0.493 e. The third-order valence-electron chi connectivity index (χ3n) is 3.47. The number of nitrogens with two attached hydrogens (primary N) is 1. The van der Waals surface area contributed by atoms with Crippen molar-refractivity contribution < 1.29 is 19.0 Å². The number of esters is 1. The molecule has 0 amide bonds. The Labute approximate surface area is 138 Å². The molecule has 0 radical (unpaired) electrons. The predicted octanol–water partition coefficient (Wildman–Crippen LogP) is 2.58. The monoisotopic (exact) mass is 331 g/mol. The van der Waals surface area contributed by atoms with E-state index in [4.69, 9.17) is 19.9 Å². The smallest absolute Gasteiger partial charge is 0.310 e. The second-order valence-electron chi connectivity index (χ2n) is 4.82. The normalized spacial score (nSPS) is 12.8. The van der Waals surface area contributed by atoms with Crippen LogP contribution in [0.3, 0.4) is 0 Å². The van der Waals surface area contributed by atoms with E-state index in [0.29, 0.717) is 30.9 Å². The Morgan fingerprint density at radius 3 is 2.32 bits per heavy atom. The molecule has 2 N–H and O–H groups in total. The molecule has 0 aliphatic heterocycles. The van der Waals surface area contributed by atoms with Gasteiger partial charge in [-0.25, -0.2) is 0 Å². The Bertz CT molecular complexity index is 467. The lowest BCUT2D eigenvalue weighted by atomic mass is 9.92. The number of hydrogen-bond acceptors (Lipinski definition) is 5. The van der Waals surface area contributed by atoms with Gasteiger partial charge in [0.1, 0.15) is 0 Å². The van der Waals surface area contributed by atoms with Crippen molar-refractivity contribution in [2.45, 2.75) is 32.7 Å². The zero-order valence-electron chi connectivity index (χ0n) is 13.6. The molecule has 126 valence electrons. The van der Waals surface area contributed by atoms with Crippen LogP contribution >= 0.6 is 12.4 Å². The molecule has 2 atom stereocenters. The van der Waals surface area contributed by atoms with Crippen LogP contribution in [-0.4, -0.2) is 32.8 Å². The summed E-state index contributed by atoms with van der Waals surface area (Å²) in [5, 5.41) is 0. The Balaban J connectivity index is 0.00000441. The average Bonchev–Trinajstić information content (AvgIpc) is 2.48. The highest BCUT2D eigenvalue weighted by atomic mass is 35.5. The minimum absolute atomic E-state index is 0. The quantitative estimate of drug-likeness (QED) is 0.741. The maximum Gasteiger partial charge on any atom is 0.310 e. The molecular weight excluding hydrogens is 306 g/mol. The summed E-state index contributed by atoms with van der Waals surface area (Å²) in [6.07, 6.45) is 1.24. The SMILES string of the molecule is CCOC(=O)C(CC)C(N)Cc1ccc(OC)c(OC)c1.Cl. The van der Waals surface area contributed by atoms with Crippen molar-refractivity contribution in [3.05, 3.63) is 23.8 Å². The van der Waals surface area contributed by atoms with E-state index < -0.39 is 0 Å². The predicted molar refractivity (Wildman–Crippen MR) is 88.9 cm³/mol. The number of methoxy groups -OCH3 is 2. The van der Waals surface area contributed by atoms with Gasteiger partial charge in [-0.15, -0.1) is 12.4 Å². The molecule has 6 heteroatoms. The standard InChI is InChI=1S/C16H25NO4.ClH/c1-5-12(16(18)21-6-2)13(17)9-11-7-8-14(19-3)15(10-11)20-4;/h7-8,10,12-13H,5-6,9,17H2,1-4H3;1H. The van der Waals surface area contributed by atoms with Crippen LogP contribution < -0.4 is 15.2 Å². The summed E-state index contributed by atoms with van der Waals surface area (Å²) < 4.78 is 15.5. The molecule has 1 aromatic rings. The van der Waals surface area contributed by atoms with Crippen LogP contribution in [0.25, 0.3) is 0 Å². The number of benzene rings is 1. The minimum Gasteiger partial charge on any atom is -0.493 e. The van der Waals surface area contributed by atoms with E-state index in [1.165, 1.54) is 0 Å². The number of carbonyl (C=O) groups is 1. The molecule has 5 nitrogen and oxygen atoms in total. The Morgan fingerprint density at radius 1 is 1.18 bits per heavy atom. The van der Waals surface area contributed by atoms with Gasteiger partial charge >= 0.3 is 5.97 Å². The first-order chi connectivity index (χ1) is 10.1. The van der Waals surface area contributed by atoms with E-state index in [0.717, 1.165) is 5.56 Å². The first kappa shape index (κ1) is 20.5. The molecule has 0 spiro atoms. The Morgan fingerprint density at radius 2 is 1.82 bits per heavy atom. The third-order valence-corrected chi connectivity index (χ3v) is 3.47. The van der Waals surface area contributed by atoms with Crippen molar-refractivity contribution in [2.24, 2.45) is 11.7 Å². The van der Waals surface area contributed by atoms with Gasteiger partial charge in [-0.2, -0.15) is 0 Å². The maximum atomic E-state index is 11.9. The van der Waals surface area contributed by atoms with Gasteiger partial charge in [0.05, 0.1) is 26.7 Å². The number of hydrogen-bond donors (Lipinski definition) is 1. The van der Waals surface area contributed by atoms with E-state index in [9.17, 15) is 4.79 Å². The van der Waals surface area contributed by atoms with Gasteiger partial charge in [0.15, 0.2) is 11.5 Å². The minimum atomic E-state index is -0.293. The van der Waals surface area contributed by atoms with Gasteiger partial charge < -0.3 is 19.9 Å². The molecule has 0 saturated carbocycles. The molecule has 0 aromatic heterocycles. The molecule has 1 aromatic carbocycles. The van der Waals surface area contributed by atoms with Gasteiger partial charge in [-0.05, 0) is 37.5 Å². The number of carbonyl (C=O) groups excluding carboxylic acids is 1. The van der Waals surface area contributed by atoms with Gasteiger partial charge in [0.25, 0.3) is 0 Å². The van der Waals surface area contributed by atoms with Crippen molar-refractivity contribution in [1.82, 2.24) is 0 Å². The fourth-order valence-electron chi connectivity index (χ4n) is 2.32. The second kappa shape index (κ2) is 10.3. The van der Waals surface area contributed by atoms with Crippen LogP contribution in [0.4, 0.5) is 0 Å². The van der Waals surface area contributed by atoms with Crippen LogP contribution in [0.2, 0.25) is 0 Å². The molecule has 1 rings (SSSR count). The summed E-state index contributed by atoms with van der Waals surface area (Å²) in [4.78, 5) is 11.9. The molecule has 0 aliphatic rings. The van der Waals surface area contributed by atoms with E-state index in [-0.39, 0.29) is 30.3 Å². The highest BCUT2D eigenvalue weighted by Crippen LogP contribution is 2.28. The summed E-state index contributed by atoms with van der Waals surface area (Å²) in [5.41, 5.74) is 7.18. The van der Waals surface area contributed by atoms with Gasteiger partial charge in [0, 0.05) is 6.04 Å². The van der Waals surface area contributed by atoms with Gasteiger partial charge in [-0.1, -0.05) is 13.0 Å². The lowest BCUT2D eigenvalue weighted by Crippen LogP contribution is -2.38. The maximum absolute atomic E-state index is 11.9. The van der Waals surface area contributed by atoms with Gasteiger partial charge in [-0.3, -0.25) is 4.79 Å². The number of halogens is 1. The van der Waals surface area contributed by atoms with E-state index in [2.05, 4.69) is 0 Å². The molecule has 22 heavy (non-hydrogen) atoms. The molecule has 0 heterocycles. The van der Waals surface area contributed by atoms with E-state index in [1.54, 1.807) is 21.1 Å². The lowest BCUT2D eigenvalue weighted by molar-refractivity contribution is -0.148. The average molecular weight is 332 g/mol. The molecule has 0 fully saturated rings. The molecule has 2 unspecified atom stereocenters. The van der Waals surface area contributed by atoms with Gasteiger partial charge in [0.2, 0.25) is 0 Å². The Kier molecular flexibility index (Phi) is 9.61. The van der Waals surface area contributed by atoms with Crippen molar-refractivity contribution in [1.29, 1.82) is 0 Å². The molecule has 0 aliphatic carbocycles. The van der Waals surface area contributed by atoms with Crippen LogP contribution in [-0.2, 0) is 16.0 Å². The lowest BCUT2D eigenvalue weighted by Gasteiger charge is -2.21. The topological polar surface area (TPSA) is 70.8 Å². The molecular formula is C16H26ClNO4. The molecule has 0 saturated heterocycles. The molecule has 0 bridgehead atoms. The summed E-state index contributed by atoms with van der Waals surface area (Å²) in [6.45, 7) is 4.11. The third kappa shape index (κ3) is 5.39. The summed E-state index contributed by atoms with van der Waals surface area (Å²) in [5.74, 6) is 0.810. The van der Waals surface area contributed by atoms with E-state index in [1.807, 2.05) is 25.1 Å². The fraction of sp³-hybridized carbons (Fsp3) is 0.562. The summed E-state index contributed by atoms with van der Waals surface area (Å²) in [6, 6.07) is 5.37. The van der Waals surface area contributed by atoms with Crippen LogP contribution in [0.5, 0.6) is 11.5 Å². The first-order valence-corrected chi connectivity index (χ1v) is 7.20. The van der Waals surface area contributed by atoms with Crippen molar-refractivity contribution in [3.63, 3.8) is 0 Å². The zero-order chi connectivity index (χ0) is 15.8. The van der Waals surface area contributed by atoms with Crippen molar-refractivity contribution in [3.8, 4) is 11.5 Å². The van der Waals surface area contributed by atoms with Crippen LogP contribution in [0.15, 0.2) is 18.2 Å². The summed E-state index contributed by atoms with van der Waals surface area (Å²) >= 11 is 0. The van der Waals surface area contributed by atoms with Crippen molar-refractivity contribution in [2.75, 3.05) is 20.8 Å². The second-order valence-corrected chi connectivity index (χ2v) is 4.82. The zero-order valence-corrected chi connectivity index (χ0v) is 14.4. The first-order valence-electron chi connectivity index (χ1n) is 7.20. The van der Waals surface area contributed by atoms with Crippen LogP contribution in [0.1, 0.15) is 25.8 Å². The van der Waals surface area contributed by atoms with E-state index >= 15 is 0 Å². The van der Waals surface area contributed by atoms with Crippen molar-refractivity contribution >= 4 is 18.4 Å². The highest BCUT2D eigenvalue weighted by Gasteiger charge is 2.25. The number of ether oxygens (including phenoxy) is 3. The number of rotatable bonds is 8.